The number of hydrogen-bond acceptors (Lipinski definition) is 5. The molecule has 1 N–H and O–H groups in total. The SMILES string of the molecule is CNc1nccc(-c2ccc(CN3C=CSC3C(C)(C)C)c(C)c2)n1. The molecule has 5 heteroatoms. The number of aryl methyl sites for hydroxylation is 1. The first-order valence-corrected chi connectivity index (χ1v) is 9.51. The third-order valence-electron chi connectivity index (χ3n) is 4.37. The molecule has 1 aliphatic rings. The van der Waals surface area contributed by atoms with Crippen molar-refractivity contribution in [3.05, 3.63) is 53.2 Å². The molecule has 132 valence electrons. The molecule has 1 aromatic carbocycles. The fourth-order valence-electron chi connectivity index (χ4n) is 3.05. The Bertz CT molecular complexity index is 780. The first-order valence-electron chi connectivity index (χ1n) is 8.57. The van der Waals surface area contributed by atoms with Crippen LogP contribution in [0.3, 0.4) is 0 Å². The normalized spacial score (nSPS) is 17.2. The Morgan fingerprint density at radius 1 is 1.24 bits per heavy atom. The van der Waals surface area contributed by atoms with Gasteiger partial charge in [-0.05, 0) is 41.0 Å². The number of aromatic nitrogens is 2. The van der Waals surface area contributed by atoms with Gasteiger partial charge in [-0.1, -0.05) is 32.9 Å². The first-order chi connectivity index (χ1) is 11.9. The average Bonchev–Trinajstić information content (AvgIpc) is 3.05. The summed E-state index contributed by atoms with van der Waals surface area (Å²) in [6.07, 6.45) is 4.01. The van der Waals surface area contributed by atoms with Gasteiger partial charge in [-0.25, -0.2) is 9.97 Å². The van der Waals surface area contributed by atoms with Gasteiger partial charge in [-0.15, -0.1) is 11.8 Å². The highest BCUT2D eigenvalue weighted by Crippen LogP contribution is 2.39. The Morgan fingerprint density at radius 3 is 2.72 bits per heavy atom. The lowest BCUT2D eigenvalue weighted by Gasteiger charge is -2.35. The van der Waals surface area contributed by atoms with Crippen LogP contribution in [0.25, 0.3) is 11.3 Å². The standard InChI is InChI=1S/C20H26N4S/c1-14-12-15(17-8-9-22-19(21-5)23-17)6-7-16(14)13-24-10-11-25-18(24)20(2,3)4/h6-12,18H,13H2,1-5H3,(H,21,22,23). The number of anilines is 1. The zero-order valence-electron chi connectivity index (χ0n) is 15.6. The summed E-state index contributed by atoms with van der Waals surface area (Å²) in [6.45, 7) is 10.0. The first kappa shape index (κ1) is 17.8. The van der Waals surface area contributed by atoms with Crippen molar-refractivity contribution < 1.29 is 0 Å². The lowest BCUT2D eigenvalue weighted by Crippen LogP contribution is -2.35. The lowest BCUT2D eigenvalue weighted by atomic mass is 9.95. The van der Waals surface area contributed by atoms with Crippen molar-refractivity contribution >= 4 is 17.7 Å². The maximum absolute atomic E-state index is 4.53. The number of thioether (sulfide) groups is 1. The van der Waals surface area contributed by atoms with E-state index in [2.05, 4.69) is 77.7 Å². The molecule has 0 saturated carbocycles. The second-order valence-electron chi connectivity index (χ2n) is 7.47. The second kappa shape index (κ2) is 7.08. The Morgan fingerprint density at radius 2 is 2.04 bits per heavy atom. The van der Waals surface area contributed by atoms with Gasteiger partial charge in [-0.2, -0.15) is 0 Å². The highest BCUT2D eigenvalue weighted by Gasteiger charge is 2.31. The van der Waals surface area contributed by atoms with E-state index in [0.29, 0.717) is 11.3 Å². The van der Waals surface area contributed by atoms with Crippen LogP contribution < -0.4 is 5.32 Å². The van der Waals surface area contributed by atoms with E-state index in [1.807, 2.05) is 24.9 Å². The molecule has 2 aromatic rings. The molecule has 0 radical (unpaired) electrons. The predicted octanol–water partition coefficient (Wildman–Crippen LogP) is 4.89. The summed E-state index contributed by atoms with van der Waals surface area (Å²) >= 11 is 1.91. The quantitative estimate of drug-likeness (QED) is 0.847. The summed E-state index contributed by atoms with van der Waals surface area (Å²) < 4.78 is 0. The van der Waals surface area contributed by atoms with Crippen LogP contribution in [0.4, 0.5) is 5.95 Å². The van der Waals surface area contributed by atoms with Gasteiger partial charge in [0, 0.05) is 31.6 Å². The van der Waals surface area contributed by atoms with E-state index in [4.69, 9.17) is 0 Å². The summed E-state index contributed by atoms with van der Waals surface area (Å²) in [4.78, 5) is 11.2. The van der Waals surface area contributed by atoms with Crippen molar-refractivity contribution in [2.24, 2.45) is 5.41 Å². The van der Waals surface area contributed by atoms with E-state index in [0.717, 1.165) is 17.8 Å². The van der Waals surface area contributed by atoms with Crippen molar-refractivity contribution in [1.82, 2.24) is 14.9 Å². The molecule has 1 aliphatic heterocycles. The van der Waals surface area contributed by atoms with E-state index >= 15 is 0 Å². The molecular weight excluding hydrogens is 328 g/mol. The van der Waals surface area contributed by atoms with Gasteiger partial charge >= 0.3 is 0 Å². The fourth-order valence-corrected chi connectivity index (χ4v) is 4.14. The Balaban J connectivity index is 1.81. The molecule has 0 aliphatic carbocycles. The zero-order valence-corrected chi connectivity index (χ0v) is 16.4. The van der Waals surface area contributed by atoms with Crippen LogP contribution in [-0.4, -0.2) is 27.3 Å². The molecule has 3 rings (SSSR count). The maximum Gasteiger partial charge on any atom is 0.222 e. The van der Waals surface area contributed by atoms with Crippen LogP contribution in [0, 0.1) is 12.3 Å². The van der Waals surface area contributed by atoms with Crippen LogP contribution in [0.2, 0.25) is 0 Å². The van der Waals surface area contributed by atoms with Crippen LogP contribution >= 0.6 is 11.8 Å². The van der Waals surface area contributed by atoms with Crippen LogP contribution in [0.1, 0.15) is 31.9 Å². The molecule has 1 atom stereocenters. The van der Waals surface area contributed by atoms with Crippen molar-refractivity contribution in [1.29, 1.82) is 0 Å². The van der Waals surface area contributed by atoms with Gasteiger partial charge < -0.3 is 10.2 Å². The van der Waals surface area contributed by atoms with Gasteiger partial charge in [0.05, 0.1) is 11.1 Å². The van der Waals surface area contributed by atoms with Gasteiger partial charge in [-0.3, -0.25) is 0 Å². The van der Waals surface area contributed by atoms with E-state index in [-0.39, 0.29) is 5.41 Å². The van der Waals surface area contributed by atoms with E-state index in [1.54, 1.807) is 6.20 Å². The number of rotatable bonds is 4. The van der Waals surface area contributed by atoms with Crippen LogP contribution in [0.5, 0.6) is 0 Å². The minimum Gasteiger partial charge on any atom is -0.360 e. The fraction of sp³-hybridized carbons (Fsp3) is 0.400. The third-order valence-corrected chi connectivity index (χ3v) is 5.89. The van der Waals surface area contributed by atoms with E-state index < -0.39 is 0 Å². The van der Waals surface area contributed by atoms with Crippen LogP contribution in [0.15, 0.2) is 42.1 Å². The Labute approximate surface area is 154 Å². The predicted molar refractivity (Wildman–Crippen MR) is 107 cm³/mol. The number of nitrogens with zero attached hydrogens (tertiary/aromatic N) is 3. The van der Waals surface area contributed by atoms with Crippen molar-refractivity contribution in [2.45, 2.75) is 39.6 Å². The molecule has 1 aromatic heterocycles. The monoisotopic (exact) mass is 354 g/mol. The lowest BCUT2D eigenvalue weighted by molar-refractivity contribution is 0.220. The Kier molecular flexibility index (Phi) is 5.04. The maximum atomic E-state index is 4.53. The zero-order chi connectivity index (χ0) is 18.0. The highest BCUT2D eigenvalue weighted by atomic mass is 32.2. The van der Waals surface area contributed by atoms with Crippen molar-refractivity contribution in [2.75, 3.05) is 12.4 Å². The van der Waals surface area contributed by atoms with Crippen molar-refractivity contribution in [3.8, 4) is 11.3 Å². The highest BCUT2D eigenvalue weighted by molar-refractivity contribution is 8.02. The molecular formula is C20H26N4S. The summed E-state index contributed by atoms with van der Waals surface area (Å²) in [6, 6.07) is 8.55. The average molecular weight is 355 g/mol. The number of hydrogen-bond donors (Lipinski definition) is 1. The second-order valence-corrected chi connectivity index (χ2v) is 8.46. The Hall–Kier alpha value is -2.01. The molecule has 0 amide bonds. The van der Waals surface area contributed by atoms with E-state index in [1.165, 1.54) is 11.1 Å². The molecule has 4 nitrogen and oxygen atoms in total. The number of nitrogens with one attached hydrogen (secondary N) is 1. The summed E-state index contributed by atoms with van der Waals surface area (Å²) in [5, 5.41) is 5.68. The molecule has 0 spiro atoms. The summed E-state index contributed by atoms with van der Waals surface area (Å²) in [5.74, 6) is 0.645. The molecule has 1 unspecified atom stereocenters. The molecule has 25 heavy (non-hydrogen) atoms. The molecule has 0 saturated heterocycles. The number of benzene rings is 1. The minimum absolute atomic E-state index is 0.243. The van der Waals surface area contributed by atoms with Gasteiger partial charge in [0.15, 0.2) is 0 Å². The largest absolute Gasteiger partial charge is 0.360 e. The van der Waals surface area contributed by atoms with Gasteiger partial charge in [0.1, 0.15) is 0 Å². The van der Waals surface area contributed by atoms with Crippen molar-refractivity contribution in [3.63, 3.8) is 0 Å². The molecule has 0 fully saturated rings. The van der Waals surface area contributed by atoms with E-state index in [9.17, 15) is 0 Å². The molecule has 2 heterocycles. The van der Waals surface area contributed by atoms with Gasteiger partial charge in [0.2, 0.25) is 5.95 Å². The summed E-state index contributed by atoms with van der Waals surface area (Å²) in [5.41, 5.74) is 4.96. The topological polar surface area (TPSA) is 41.1 Å². The minimum atomic E-state index is 0.243. The third kappa shape index (κ3) is 3.98. The van der Waals surface area contributed by atoms with Crippen LogP contribution in [-0.2, 0) is 6.54 Å². The molecule has 0 bridgehead atoms. The summed E-state index contributed by atoms with van der Waals surface area (Å²) in [7, 11) is 1.83. The van der Waals surface area contributed by atoms with Gasteiger partial charge in [0.25, 0.3) is 0 Å². The smallest absolute Gasteiger partial charge is 0.222 e.